The van der Waals surface area contributed by atoms with Crippen molar-refractivity contribution in [3.05, 3.63) is 46.3 Å². The van der Waals surface area contributed by atoms with E-state index in [4.69, 9.17) is 0 Å². The summed E-state index contributed by atoms with van der Waals surface area (Å²) in [6.07, 6.45) is -6.57. The third-order valence-corrected chi connectivity index (χ3v) is 6.22. The van der Waals surface area contributed by atoms with Crippen LogP contribution in [-0.2, 0) is 27.9 Å². The van der Waals surface area contributed by atoms with E-state index in [0.717, 1.165) is 36.1 Å². The minimum Gasteiger partial charge on any atom is -0.386 e. The largest absolute Gasteiger partial charge is 0.431 e. The third-order valence-electron chi connectivity index (χ3n) is 4.48. The fourth-order valence-corrected chi connectivity index (χ4v) is 3.92. The number of hydrogen-bond acceptors (Lipinski definition) is 7. The van der Waals surface area contributed by atoms with Gasteiger partial charge in [-0.2, -0.15) is 26.3 Å². The van der Waals surface area contributed by atoms with Crippen LogP contribution in [0.3, 0.4) is 0 Å². The zero-order valence-corrected chi connectivity index (χ0v) is 18.2. The molecule has 0 bridgehead atoms. The van der Waals surface area contributed by atoms with Gasteiger partial charge < -0.3 is 4.84 Å². The predicted molar refractivity (Wildman–Crippen MR) is 106 cm³/mol. The van der Waals surface area contributed by atoms with Crippen molar-refractivity contribution in [2.75, 3.05) is 12.4 Å². The van der Waals surface area contributed by atoms with Crippen molar-refractivity contribution in [2.45, 2.75) is 24.2 Å². The van der Waals surface area contributed by atoms with Crippen LogP contribution in [0.25, 0.3) is 17.0 Å². The average molecular weight is 511 g/mol. The van der Waals surface area contributed by atoms with Crippen molar-refractivity contribution < 1.29 is 39.6 Å². The molecule has 34 heavy (non-hydrogen) atoms. The van der Waals surface area contributed by atoms with E-state index >= 15 is 0 Å². The first-order valence-corrected chi connectivity index (χ1v) is 10.9. The van der Waals surface area contributed by atoms with E-state index in [-0.39, 0.29) is 17.0 Å². The Hall–Kier alpha value is -3.43. The maximum Gasteiger partial charge on any atom is 0.431 e. The Balaban J connectivity index is 2.12. The van der Waals surface area contributed by atoms with Crippen LogP contribution in [0, 0.1) is 0 Å². The van der Waals surface area contributed by atoms with Crippen LogP contribution in [0.4, 0.5) is 26.3 Å². The number of hydrogen-bond donors (Lipinski definition) is 0. The van der Waals surface area contributed by atoms with E-state index in [1.807, 2.05) is 0 Å². The van der Waals surface area contributed by atoms with Crippen LogP contribution in [0.15, 0.2) is 39.4 Å². The normalized spacial score (nSPS) is 13.2. The van der Waals surface area contributed by atoms with Crippen LogP contribution >= 0.6 is 0 Å². The van der Waals surface area contributed by atoms with Crippen LogP contribution < -0.4 is 5.69 Å². The van der Waals surface area contributed by atoms with E-state index < -0.39 is 56.5 Å². The second kappa shape index (κ2) is 8.73. The lowest BCUT2D eigenvalue weighted by Crippen LogP contribution is -2.29. The summed E-state index contributed by atoms with van der Waals surface area (Å²) < 4.78 is 102. The Bertz CT molecular complexity index is 1420. The van der Waals surface area contributed by atoms with Gasteiger partial charge in [0.2, 0.25) is 6.61 Å². The molecule has 0 saturated heterocycles. The van der Waals surface area contributed by atoms with Crippen LogP contribution in [0.1, 0.15) is 18.2 Å². The molecule has 0 aromatic carbocycles. The number of imidazole rings is 1. The maximum atomic E-state index is 13.2. The fraction of sp³-hybridized carbons (Fsp3) is 0.333. The van der Waals surface area contributed by atoms with Gasteiger partial charge in [-0.05, 0) is 6.07 Å². The molecule has 0 amide bonds. The molecule has 9 nitrogen and oxygen atoms in total. The Morgan fingerprint density at radius 2 is 1.85 bits per heavy atom. The fourth-order valence-electron chi connectivity index (χ4n) is 2.84. The summed E-state index contributed by atoms with van der Waals surface area (Å²) in [5, 5.41) is 3.12. The van der Waals surface area contributed by atoms with E-state index in [1.165, 1.54) is 6.92 Å². The number of alkyl halides is 6. The molecule has 3 heterocycles. The molecular weight excluding hydrogens is 496 g/mol. The van der Waals surface area contributed by atoms with Crippen molar-refractivity contribution in [2.24, 2.45) is 12.2 Å². The molecule has 0 spiro atoms. The molecular formula is C18H15F6N5O4S. The van der Waals surface area contributed by atoms with Crippen molar-refractivity contribution in [1.29, 1.82) is 0 Å². The summed E-state index contributed by atoms with van der Waals surface area (Å²) in [7, 11) is -3.08. The standard InChI is InChI=1S/C18H15F6N5O4S/c1-3-34(31,32)12-4-10(7-26-33-9-17(19,20)21)6-25-15(12)11-8-29-14(27-11)5-13(18(22,23)24)28(2)16(29)30/h4-8H,3,9H2,1-2H3/b26-7+. The van der Waals surface area contributed by atoms with Gasteiger partial charge in [0.15, 0.2) is 9.84 Å². The Labute approximate surface area is 187 Å². The molecule has 3 aromatic rings. The highest BCUT2D eigenvalue weighted by Gasteiger charge is 2.35. The molecule has 0 fully saturated rings. The second-order valence-corrected chi connectivity index (χ2v) is 9.11. The van der Waals surface area contributed by atoms with Gasteiger partial charge in [-0.3, -0.25) is 14.0 Å². The summed E-state index contributed by atoms with van der Waals surface area (Å²) in [4.78, 5) is 24.0. The quantitative estimate of drug-likeness (QED) is 0.286. The molecule has 0 saturated carbocycles. The summed E-state index contributed by atoms with van der Waals surface area (Å²) >= 11 is 0. The lowest BCUT2D eigenvalue weighted by molar-refractivity contribution is -0.173. The smallest absolute Gasteiger partial charge is 0.386 e. The molecule has 0 atom stereocenters. The van der Waals surface area contributed by atoms with Crippen molar-refractivity contribution in [3.8, 4) is 11.4 Å². The molecule has 3 aromatic heterocycles. The highest BCUT2D eigenvalue weighted by atomic mass is 32.2. The van der Waals surface area contributed by atoms with Crippen molar-refractivity contribution in [1.82, 2.24) is 18.9 Å². The third kappa shape index (κ3) is 5.21. The van der Waals surface area contributed by atoms with Gasteiger partial charge in [0.1, 0.15) is 22.7 Å². The number of halogens is 6. The van der Waals surface area contributed by atoms with Crippen LogP contribution in [0.5, 0.6) is 0 Å². The molecule has 184 valence electrons. The second-order valence-electron chi connectivity index (χ2n) is 6.87. The summed E-state index contributed by atoms with van der Waals surface area (Å²) in [6, 6.07) is 1.67. The van der Waals surface area contributed by atoms with Crippen molar-refractivity contribution >= 4 is 21.7 Å². The molecule has 0 unspecified atom stereocenters. The minimum absolute atomic E-state index is 0.0306. The summed E-state index contributed by atoms with van der Waals surface area (Å²) in [5.74, 6) is -0.403. The SMILES string of the molecule is CCS(=O)(=O)c1cc(/C=N/OCC(F)(F)F)cnc1-c1cn2c(=O)n(C)c(C(F)(F)F)cc2n1. The Kier molecular flexibility index (Phi) is 6.47. The first-order chi connectivity index (χ1) is 15.6. The van der Waals surface area contributed by atoms with Gasteiger partial charge in [0.25, 0.3) is 0 Å². The van der Waals surface area contributed by atoms with Gasteiger partial charge in [-0.15, -0.1) is 0 Å². The molecule has 0 N–H and O–H groups in total. The summed E-state index contributed by atoms with van der Waals surface area (Å²) in [5.41, 5.74) is -3.24. The topological polar surface area (TPSA) is 108 Å². The first-order valence-electron chi connectivity index (χ1n) is 9.25. The molecule has 0 aliphatic heterocycles. The highest BCUT2D eigenvalue weighted by molar-refractivity contribution is 7.91. The monoisotopic (exact) mass is 511 g/mol. The van der Waals surface area contributed by atoms with Crippen molar-refractivity contribution in [3.63, 3.8) is 0 Å². The average Bonchev–Trinajstić information content (AvgIpc) is 3.16. The lowest BCUT2D eigenvalue weighted by atomic mass is 10.2. The molecule has 3 rings (SSSR count). The number of nitrogens with zero attached hydrogens (tertiary/aromatic N) is 5. The number of sulfone groups is 1. The van der Waals surface area contributed by atoms with Crippen LogP contribution in [0.2, 0.25) is 0 Å². The van der Waals surface area contributed by atoms with Gasteiger partial charge in [-0.1, -0.05) is 12.1 Å². The minimum atomic E-state index is -4.84. The number of rotatable bonds is 6. The number of pyridine rings is 1. The molecule has 0 radical (unpaired) electrons. The zero-order valence-electron chi connectivity index (χ0n) is 17.3. The summed E-state index contributed by atoms with van der Waals surface area (Å²) in [6.45, 7) is -0.341. The Morgan fingerprint density at radius 1 is 1.18 bits per heavy atom. The highest BCUT2D eigenvalue weighted by Crippen LogP contribution is 2.30. The van der Waals surface area contributed by atoms with E-state index in [9.17, 15) is 39.6 Å². The zero-order chi connectivity index (χ0) is 25.5. The van der Waals surface area contributed by atoms with Gasteiger partial charge in [-0.25, -0.2) is 18.2 Å². The maximum absolute atomic E-state index is 13.2. The van der Waals surface area contributed by atoms with Gasteiger partial charge in [0, 0.05) is 31.1 Å². The van der Waals surface area contributed by atoms with E-state index in [2.05, 4.69) is 20.0 Å². The lowest BCUT2D eigenvalue weighted by Gasteiger charge is -2.11. The Morgan fingerprint density at radius 3 is 2.44 bits per heavy atom. The molecule has 0 aliphatic rings. The molecule has 0 aliphatic carbocycles. The van der Waals surface area contributed by atoms with Gasteiger partial charge in [0.05, 0.1) is 16.9 Å². The molecule has 16 heteroatoms. The van der Waals surface area contributed by atoms with Gasteiger partial charge >= 0.3 is 18.0 Å². The van der Waals surface area contributed by atoms with E-state index in [0.29, 0.717) is 10.6 Å². The number of oxime groups is 1. The number of fused-ring (bicyclic) bond motifs is 1. The van der Waals surface area contributed by atoms with E-state index in [1.54, 1.807) is 0 Å². The van der Waals surface area contributed by atoms with Crippen LogP contribution in [-0.4, -0.2) is 52.1 Å². The predicted octanol–water partition coefficient (Wildman–Crippen LogP) is 2.82. The number of aromatic nitrogens is 4. The first kappa shape index (κ1) is 25.2.